The van der Waals surface area contributed by atoms with Gasteiger partial charge in [0.1, 0.15) is 5.82 Å². The third kappa shape index (κ3) is 4.16. The number of hydrogen-bond donors (Lipinski definition) is 0. The van der Waals surface area contributed by atoms with E-state index in [1.807, 2.05) is 36.4 Å². The van der Waals surface area contributed by atoms with Crippen LogP contribution in [0.5, 0.6) is 11.5 Å². The van der Waals surface area contributed by atoms with Crippen molar-refractivity contribution >= 4 is 44.5 Å². The van der Waals surface area contributed by atoms with Crippen LogP contribution in [0, 0.1) is 0 Å². The van der Waals surface area contributed by atoms with Gasteiger partial charge in [0.05, 0.1) is 51.5 Å². The summed E-state index contributed by atoms with van der Waals surface area (Å²) in [5.74, 6) is 2.01. The van der Waals surface area contributed by atoms with Crippen molar-refractivity contribution in [3.63, 3.8) is 0 Å². The van der Waals surface area contributed by atoms with Gasteiger partial charge in [0.25, 0.3) is 0 Å². The summed E-state index contributed by atoms with van der Waals surface area (Å²) in [6.07, 6.45) is 7.06. The minimum absolute atomic E-state index is 0.223. The van der Waals surface area contributed by atoms with Crippen LogP contribution < -0.4 is 9.47 Å². The summed E-state index contributed by atoms with van der Waals surface area (Å²) in [7, 11) is 1.41. The van der Waals surface area contributed by atoms with Crippen LogP contribution in [0.4, 0.5) is 0 Å². The van der Waals surface area contributed by atoms with Crippen molar-refractivity contribution in [3.8, 4) is 34.1 Å². The average molecular weight is 609 g/mol. The Bertz CT molecular complexity index is 2330. The number of fused-ring (bicyclic) bond motifs is 7. The van der Waals surface area contributed by atoms with Crippen LogP contribution in [0.2, 0.25) is 0 Å². The molecule has 0 spiro atoms. The first-order valence-electron chi connectivity index (χ1n) is 16.0. The van der Waals surface area contributed by atoms with E-state index in [0.29, 0.717) is 11.6 Å². The van der Waals surface area contributed by atoms with Crippen LogP contribution in [-0.4, -0.2) is 38.8 Å². The lowest BCUT2D eigenvalue weighted by Gasteiger charge is -2.21. The van der Waals surface area contributed by atoms with Crippen molar-refractivity contribution in [2.45, 2.75) is 44.6 Å². The molecular weight excluding hydrogens is 576 g/mol. The molecule has 8 nitrogen and oxygen atoms in total. The molecule has 1 aliphatic heterocycles. The first-order valence-corrected chi connectivity index (χ1v) is 16.0. The van der Waals surface area contributed by atoms with Gasteiger partial charge in [-0.3, -0.25) is 0 Å². The molecule has 0 radical (unpaired) electrons. The smallest absolute Gasteiger partial charge is 0.337 e. The lowest BCUT2D eigenvalue weighted by Crippen LogP contribution is -2.10. The minimum atomic E-state index is -0.363. The van der Waals surface area contributed by atoms with Gasteiger partial charge in [-0.25, -0.2) is 14.8 Å². The number of nitrogens with zero attached hydrogens (tertiary/aromatic N) is 4. The molecule has 0 atom stereocenters. The fraction of sp³-hybridized carbons (Fsp3) is 0.237. The zero-order valence-corrected chi connectivity index (χ0v) is 25.5. The summed E-state index contributed by atoms with van der Waals surface area (Å²) in [4.78, 5) is 23.1. The molecule has 228 valence electrons. The molecule has 4 aromatic carbocycles. The molecule has 8 heteroatoms. The second-order valence-electron chi connectivity index (χ2n) is 12.3. The lowest BCUT2D eigenvalue weighted by molar-refractivity contribution is 0.0601. The van der Waals surface area contributed by atoms with Gasteiger partial charge in [-0.2, -0.15) is 0 Å². The van der Waals surface area contributed by atoms with Crippen molar-refractivity contribution in [1.29, 1.82) is 0 Å². The molecular formula is C38H32N4O4. The van der Waals surface area contributed by atoms with Gasteiger partial charge < -0.3 is 23.2 Å². The largest absolute Gasteiger partial charge is 0.465 e. The molecule has 1 aliphatic carbocycles. The predicted octanol–water partition coefficient (Wildman–Crippen LogP) is 8.74. The van der Waals surface area contributed by atoms with E-state index in [1.165, 1.54) is 32.8 Å². The molecule has 1 fully saturated rings. The maximum Gasteiger partial charge on any atom is 0.337 e. The maximum absolute atomic E-state index is 12.5. The van der Waals surface area contributed by atoms with Crippen LogP contribution in [0.15, 0.2) is 84.9 Å². The quantitative estimate of drug-likeness (QED) is 0.147. The van der Waals surface area contributed by atoms with E-state index >= 15 is 0 Å². The summed E-state index contributed by atoms with van der Waals surface area (Å²) in [6, 6.07) is 29.1. The SMILES string of the molecule is COC(=O)c1ccc2c(c1)nc(-c1cccc3nc(-c4ccc5c(c4)OCO5)c4cc5ccccc5n4c13)n2C1CCCCCC1. The third-order valence-electron chi connectivity index (χ3n) is 9.61. The highest BCUT2D eigenvalue weighted by molar-refractivity contribution is 6.03. The monoisotopic (exact) mass is 608 g/mol. The standard InChI is InChI=1S/C38H32N4O4/c1-44-38(43)25-15-17-31-29(19-25)40-37(41(31)26-10-4-2-3-5-11-26)27-12-8-13-28-36(27)42-30-14-7-6-9-23(30)20-32(42)35(39-28)24-16-18-33-34(21-24)46-22-45-33/h6-9,12-21,26H,2-5,10-11,22H2,1H3. The number of carbonyl (C=O) groups excluding carboxylic acids is 1. The molecule has 0 amide bonds. The van der Waals surface area contributed by atoms with Gasteiger partial charge >= 0.3 is 5.97 Å². The number of rotatable bonds is 4. The van der Waals surface area contributed by atoms with Crippen molar-refractivity contribution in [2.24, 2.45) is 0 Å². The Morgan fingerprint density at radius 1 is 0.783 bits per heavy atom. The van der Waals surface area contributed by atoms with E-state index in [9.17, 15) is 4.79 Å². The first kappa shape index (κ1) is 27.0. The first-order chi connectivity index (χ1) is 22.7. The molecule has 0 N–H and O–H groups in total. The zero-order chi connectivity index (χ0) is 30.8. The molecule has 4 heterocycles. The molecule has 3 aromatic heterocycles. The maximum atomic E-state index is 12.5. The van der Waals surface area contributed by atoms with E-state index < -0.39 is 0 Å². The van der Waals surface area contributed by atoms with Crippen molar-refractivity contribution < 1.29 is 19.0 Å². The molecule has 9 rings (SSSR count). The van der Waals surface area contributed by atoms with Crippen molar-refractivity contribution in [2.75, 3.05) is 13.9 Å². The highest BCUT2D eigenvalue weighted by atomic mass is 16.7. The highest BCUT2D eigenvalue weighted by Crippen LogP contribution is 2.42. The number of aromatic nitrogens is 4. The molecule has 1 saturated carbocycles. The molecule has 2 aliphatic rings. The Hall–Kier alpha value is -5.37. The van der Waals surface area contributed by atoms with Gasteiger partial charge in [0.2, 0.25) is 6.79 Å². The summed E-state index contributed by atoms with van der Waals surface area (Å²) < 4.78 is 21.2. The Morgan fingerprint density at radius 2 is 1.63 bits per heavy atom. The number of esters is 1. The molecule has 0 saturated heterocycles. The number of para-hydroxylation sites is 2. The number of hydrogen-bond acceptors (Lipinski definition) is 6. The van der Waals surface area contributed by atoms with Crippen LogP contribution in [-0.2, 0) is 4.74 Å². The molecule has 0 unspecified atom stereocenters. The lowest BCUT2D eigenvalue weighted by atomic mass is 10.1. The summed E-state index contributed by atoms with van der Waals surface area (Å²) in [5.41, 5.74) is 9.14. The van der Waals surface area contributed by atoms with Crippen LogP contribution in [0.3, 0.4) is 0 Å². The summed E-state index contributed by atoms with van der Waals surface area (Å²) in [6.45, 7) is 0.223. The summed E-state index contributed by atoms with van der Waals surface area (Å²) in [5, 5.41) is 1.13. The Morgan fingerprint density at radius 3 is 2.50 bits per heavy atom. The van der Waals surface area contributed by atoms with Crippen LogP contribution >= 0.6 is 0 Å². The fourth-order valence-electron chi connectivity index (χ4n) is 7.46. The molecule has 7 aromatic rings. The van der Waals surface area contributed by atoms with E-state index in [1.54, 1.807) is 0 Å². The average Bonchev–Trinajstić information content (AvgIpc) is 3.76. The van der Waals surface area contributed by atoms with E-state index in [2.05, 4.69) is 57.5 Å². The van der Waals surface area contributed by atoms with Gasteiger partial charge in [0, 0.05) is 22.6 Å². The molecule has 0 bridgehead atoms. The number of benzene rings is 4. The van der Waals surface area contributed by atoms with Crippen molar-refractivity contribution in [3.05, 3.63) is 90.5 Å². The van der Waals surface area contributed by atoms with Gasteiger partial charge in [-0.05, 0) is 73.5 Å². The Kier molecular flexibility index (Phi) is 6.23. The van der Waals surface area contributed by atoms with Crippen LogP contribution in [0.25, 0.3) is 61.1 Å². The topological polar surface area (TPSA) is 79.9 Å². The summed E-state index contributed by atoms with van der Waals surface area (Å²) >= 11 is 0. The number of carbonyl (C=O) groups is 1. The van der Waals surface area contributed by atoms with Gasteiger partial charge in [0.15, 0.2) is 11.5 Å². The van der Waals surface area contributed by atoms with Crippen molar-refractivity contribution in [1.82, 2.24) is 18.9 Å². The minimum Gasteiger partial charge on any atom is -0.465 e. The zero-order valence-electron chi connectivity index (χ0n) is 25.5. The van der Waals surface area contributed by atoms with Gasteiger partial charge in [-0.15, -0.1) is 0 Å². The second-order valence-corrected chi connectivity index (χ2v) is 12.3. The molecule has 46 heavy (non-hydrogen) atoms. The normalized spacial score (nSPS) is 15.2. The Balaban J connectivity index is 1.36. The number of imidazole rings is 1. The van der Waals surface area contributed by atoms with E-state index in [0.717, 1.165) is 85.5 Å². The van der Waals surface area contributed by atoms with Crippen LogP contribution in [0.1, 0.15) is 54.9 Å². The number of ether oxygens (including phenoxy) is 3. The second kappa shape index (κ2) is 10.6. The third-order valence-corrected chi connectivity index (χ3v) is 9.61. The van der Waals surface area contributed by atoms with E-state index in [4.69, 9.17) is 24.2 Å². The van der Waals surface area contributed by atoms with E-state index in [-0.39, 0.29) is 12.8 Å². The predicted molar refractivity (Wildman–Crippen MR) is 179 cm³/mol. The number of methoxy groups -OCH3 is 1. The highest BCUT2D eigenvalue weighted by Gasteiger charge is 2.26. The fourth-order valence-corrected chi connectivity index (χ4v) is 7.46. The van der Waals surface area contributed by atoms with Gasteiger partial charge in [-0.1, -0.05) is 49.9 Å². The Labute approximate surface area is 265 Å².